The minimum Gasteiger partial charge on any atom is -0.269 e. The van der Waals surface area contributed by atoms with E-state index in [4.69, 9.17) is 0 Å². The second-order valence-electron chi connectivity index (χ2n) is 0. The smallest absolute Gasteiger partial charge is 0.00784 e. The Morgan fingerprint density at radius 3 is 1.00 bits per heavy atom. The Balaban J connectivity index is -0.00000000167. The molecule has 0 atom stereocenters. The summed E-state index contributed by atoms with van der Waals surface area (Å²) < 4.78 is 0. The molecule has 0 amide bonds. The lowest BCUT2D eigenvalue weighted by Crippen LogP contribution is -0.240. The molecule has 0 N–H and O–H groups in total. The third-order valence-corrected chi connectivity index (χ3v) is 0. The Labute approximate surface area is 50.7 Å². The summed E-state index contributed by atoms with van der Waals surface area (Å²) >= 11 is 1.84. The average Bonchev–Trinajstić information content (AvgIpc) is 1.00. The summed E-state index contributed by atoms with van der Waals surface area (Å²) in [6, 6.07) is 0. The molecule has 0 rings (SSSR count). The van der Waals surface area contributed by atoms with Gasteiger partial charge < -0.3 is 0 Å². The van der Waals surface area contributed by atoms with Crippen LogP contribution in [0.4, 0.5) is 4.70 Å². The standard InChI is InChI=1S/2CH4.FH.HIS/c;;;1-2/h2*1H4;1H;2H. The van der Waals surface area contributed by atoms with E-state index in [1.807, 2.05) is 21.2 Å². The maximum atomic E-state index is 3.50. The normalized spacial score (nSPS) is 1.20. The van der Waals surface area contributed by atoms with E-state index in [-0.39, 0.29) is 19.6 Å². The monoisotopic (exact) mass is 212 g/mol. The van der Waals surface area contributed by atoms with Gasteiger partial charge in [0.15, 0.2) is 0 Å². The van der Waals surface area contributed by atoms with E-state index in [1.54, 1.807) is 0 Å². The Bertz CT molecular complexity index is 9.61. The van der Waals surface area contributed by atoms with Gasteiger partial charge in [-0.3, -0.25) is 4.70 Å². The maximum Gasteiger partial charge on any atom is -0.00784 e. The summed E-state index contributed by atoms with van der Waals surface area (Å²) in [5, 5.41) is 0. The Hall–Kier alpha value is 1.01. The van der Waals surface area contributed by atoms with Crippen molar-refractivity contribution in [3.63, 3.8) is 0 Å². The number of thiol groups is 1. The molecule has 5 heavy (non-hydrogen) atoms. The highest BCUT2D eigenvalue weighted by molar-refractivity contribution is 14.2. The molecule has 0 aliphatic rings. The molecule has 0 aromatic rings. The van der Waals surface area contributed by atoms with Crippen LogP contribution >= 0.6 is 31.0 Å². The van der Waals surface area contributed by atoms with Crippen molar-refractivity contribution in [2.24, 2.45) is 0 Å². The van der Waals surface area contributed by atoms with E-state index < -0.39 is 0 Å². The fraction of sp³-hybridized carbons (Fsp3) is 1.00. The lowest BCUT2D eigenvalue weighted by Gasteiger charge is -1.06. The van der Waals surface area contributed by atoms with Crippen LogP contribution in [0.1, 0.15) is 14.9 Å². The van der Waals surface area contributed by atoms with E-state index in [0.29, 0.717) is 0 Å². The van der Waals surface area contributed by atoms with Gasteiger partial charge in [0, 0.05) is 0 Å². The minimum absolute atomic E-state index is 0. The van der Waals surface area contributed by atoms with Crippen LogP contribution in [0.25, 0.3) is 0 Å². The lowest BCUT2D eigenvalue weighted by atomic mass is 12.0. The second-order valence-corrected chi connectivity index (χ2v) is 0. The molecule has 0 aromatic carbocycles. The first-order valence-electron chi connectivity index (χ1n) is 0.169. The fourth-order valence-corrected chi connectivity index (χ4v) is 0. The van der Waals surface area contributed by atoms with Gasteiger partial charge in [0.25, 0.3) is 0 Å². The molecular weight excluding hydrogens is 202 g/mol. The Morgan fingerprint density at radius 1 is 1.00 bits per heavy atom. The third-order valence-electron chi connectivity index (χ3n) is 0. The van der Waals surface area contributed by atoms with E-state index in [2.05, 4.69) is 9.80 Å². The molecule has 0 radical (unpaired) electrons. The summed E-state index contributed by atoms with van der Waals surface area (Å²) in [6.07, 6.45) is 0. The zero-order valence-corrected chi connectivity index (χ0v) is 4.29. The fourth-order valence-electron chi connectivity index (χ4n) is 0. The molecule has 0 spiro atoms. The van der Waals surface area contributed by atoms with Crippen LogP contribution in [0, 0.1) is 0 Å². The third kappa shape index (κ3) is 44.5. The van der Waals surface area contributed by atoms with Crippen LogP contribution in [-0.4, -0.2) is 0 Å². The van der Waals surface area contributed by atoms with Gasteiger partial charge in [-0.1, -0.05) is 14.9 Å². The molecule has 0 aliphatic heterocycles. The largest absolute Gasteiger partial charge is 0.269 e. The molecule has 0 heterocycles. The van der Waals surface area contributed by atoms with Crippen molar-refractivity contribution in [1.29, 1.82) is 0 Å². The molecule has 0 fully saturated rings. The number of hydrogen-bond acceptors (Lipinski definition) is 1. The van der Waals surface area contributed by atoms with Gasteiger partial charge >= 0.3 is 0 Å². The quantitative estimate of drug-likeness (QED) is 0.463. The van der Waals surface area contributed by atoms with Gasteiger partial charge in [0.05, 0.1) is 0 Å². The van der Waals surface area contributed by atoms with E-state index in [0.717, 1.165) is 0 Å². The molecule has 0 aromatic heterocycles. The van der Waals surface area contributed by atoms with Crippen molar-refractivity contribution < 1.29 is 4.70 Å². The van der Waals surface area contributed by atoms with Gasteiger partial charge in [0.1, 0.15) is 0 Å². The molecule has 0 unspecified atom stereocenters. The zero-order valence-electron chi connectivity index (χ0n) is 1.23. The van der Waals surface area contributed by atoms with Crippen LogP contribution in [-0.2, 0) is 0 Å². The average molecular weight is 212 g/mol. The minimum atomic E-state index is 0. The number of rotatable bonds is 0. The molecular formula is C2H10FIS. The zero-order chi connectivity index (χ0) is 2.00. The molecule has 0 aliphatic carbocycles. The molecule has 0 nitrogen and oxygen atoms in total. The topological polar surface area (TPSA) is 0 Å². The van der Waals surface area contributed by atoms with Crippen LogP contribution in [0.15, 0.2) is 0 Å². The first-order valence-corrected chi connectivity index (χ1v) is 3.40. The summed E-state index contributed by atoms with van der Waals surface area (Å²) in [4.78, 5) is 0. The van der Waals surface area contributed by atoms with Gasteiger partial charge in [0.2, 0.25) is 0 Å². The van der Waals surface area contributed by atoms with Gasteiger partial charge in [-0.05, 0) is 21.2 Å². The van der Waals surface area contributed by atoms with Crippen LogP contribution in [0.3, 0.4) is 0 Å². The summed E-state index contributed by atoms with van der Waals surface area (Å²) in [6.45, 7) is 0. The van der Waals surface area contributed by atoms with E-state index in [1.165, 1.54) is 0 Å². The van der Waals surface area contributed by atoms with Crippen molar-refractivity contribution >= 4 is 31.0 Å². The van der Waals surface area contributed by atoms with E-state index >= 15 is 0 Å². The predicted octanol–water partition coefficient (Wildman–Crippen LogP) is 2.69. The summed E-state index contributed by atoms with van der Waals surface area (Å²) in [7, 11) is 3.50. The summed E-state index contributed by atoms with van der Waals surface area (Å²) in [5.74, 6) is 0. The highest BCUT2D eigenvalue weighted by Gasteiger charge is 0.944. The Morgan fingerprint density at radius 2 is 1.00 bits per heavy atom. The van der Waals surface area contributed by atoms with E-state index in [9.17, 15) is 0 Å². The lowest BCUT2D eigenvalue weighted by molar-refractivity contribution is 1.11. The van der Waals surface area contributed by atoms with Crippen molar-refractivity contribution in [3.05, 3.63) is 0 Å². The molecule has 3 heteroatoms. The number of halogens is 2. The highest BCUT2D eigenvalue weighted by Crippen LogP contribution is 1.77. The molecule has 38 valence electrons. The van der Waals surface area contributed by atoms with Gasteiger partial charge in [-0.25, -0.2) is 0 Å². The van der Waals surface area contributed by atoms with Crippen LogP contribution in [0.5, 0.6) is 0 Å². The van der Waals surface area contributed by atoms with Crippen LogP contribution < -0.4 is 0 Å². The molecule has 0 saturated carbocycles. The number of hydrogen-bond donors (Lipinski definition) is 1. The molecule has 0 saturated heterocycles. The first-order chi connectivity index (χ1) is 1.00. The van der Waals surface area contributed by atoms with Crippen molar-refractivity contribution in [1.82, 2.24) is 0 Å². The molecule has 0 bridgehead atoms. The highest BCUT2D eigenvalue weighted by atomic mass is 127. The SMILES string of the molecule is C.C.F.SI. The first kappa shape index (κ1) is 37.3. The maximum absolute atomic E-state index is 3.50. The van der Waals surface area contributed by atoms with Crippen molar-refractivity contribution in [3.8, 4) is 0 Å². The predicted molar refractivity (Wildman–Crippen MR) is 39.0 cm³/mol. The summed E-state index contributed by atoms with van der Waals surface area (Å²) in [5.41, 5.74) is 0. The van der Waals surface area contributed by atoms with Crippen LogP contribution in [0.2, 0.25) is 0 Å². The van der Waals surface area contributed by atoms with Crippen molar-refractivity contribution in [2.75, 3.05) is 0 Å². The van der Waals surface area contributed by atoms with Gasteiger partial charge in [-0.15, -0.1) is 9.80 Å². The Kier molecular flexibility index (Phi) is 590. The van der Waals surface area contributed by atoms with Crippen molar-refractivity contribution in [2.45, 2.75) is 14.9 Å². The van der Waals surface area contributed by atoms with Gasteiger partial charge in [-0.2, -0.15) is 0 Å². The second kappa shape index (κ2) is 79.0.